The number of rotatable bonds is 6. The molecule has 0 saturated carbocycles. The molecule has 7 rings (SSSR count). The number of imide groups is 1. The second kappa shape index (κ2) is 11.9. The van der Waals surface area contributed by atoms with Crippen LogP contribution in [0.5, 0.6) is 17.2 Å². The van der Waals surface area contributed by atoms with Crippen LogP contribution < -0.4 is 14.4 Å². The third-order valence-corrected chi connectivity index (χ3v) is 10.2. The number of aryl methyl sites for hydroxylation is 1. The van der Waals surface area contributed by atoms with E-state index in [1.807, 2.05) is 54.6 Å². The molecule has 8 nitrogen and oxygen atoms in total. The number of methoxy groups -OCH3 is 2. The monoisotopic (exact) mass is 641 g/mol. The highest BCUT2D eigenvalue weighted by Crippen LogP contribution is 2.56. The van der Waals surface area contributed by atoms with Crippen molar-refractivity contribution < 1.29 is 33.8 Å². The normalized spacial score (nSPS) is 23.5. The summed E-state index contributed by atoms with van der Waals surface area (Å²) in [5.41, 5.74) is 5.23. The fourth-order valence-electron chi connectivity index (χ4n) is 7.80. The molecule has 8 heteroatoms. The summed E-state index contributed by atoms with van der Waals surface area (Å²) in [4.78, 5) is 56.5. The maximum absolute atomic E-state index is 14.3. The lowest BCUT2D eigenvalue weighted by Gasteiger charge is -2.42. The van der Waals surface area contributed by atoms with Crippen molar-refractivity contribution in [2.24, 2.45) is 17.8 Å². The fraction of sp³-hybridized carbons (Fsp3) is 0.250. The first kappa shape index (κ1) is 31.1. The number of hydrogen-bond donors (Lipinski definition) is 1. The van der Waals surface area contributed by atoms with E-state index in [0.717, 1.165) is 16.7 Å². The van der Waals surface area contributed by atoms with Crippen molar-refractivity contribution >= 4 is 41.2 Å². The number of hydrogen-bond acceptors (Lipinski definition) is 7. The van der Waals surface area contributed by atoms with Gasteiger partial charge in [0, 0.05) is 33.8 Å². The molecule has 3 aliphatic carbocycles. The number of anilines is 1. The molecule has 242 valence electrons. The summed E-state index contributed by atoms with van der Waals surface area (Å²) in [5.74, 6) is -2.08. The first-order valence-electron chi connectivity index (χ1n) is 16.0. The van der Waals surface area contributed by atoms with Gasteiger partial charge in [-0.1, -0.05) is 54.1 Å². The van der Waals surface area contributed by atoms with Gasteiger partial charge in [-0.25, -0.2) is 0 Å². The van der Waals surface area contributed by atoms with E-state index < -0.39 is 23.7 Å². The lowest BCUT2D eigenvalue weighted by Crippen LogP contribution is -2.39. The maximum Gasteiger partial charge on any atom is 0.238 e. The van der Waals surface area contributed by atoms with Crippen LogP contribution in [0.25, 0.3) is 12.2 Å². The van der Waals surface area contributed by atoms with Gasteiger partial charge in [-0.05, 0) is 80.1 Å². The zero-order chi connectivity index (χ0) is 33.9. The Labute approximate surface area is 278 Å². The van der Waals surface area contributed by atoms with Crippen LogP contribution in [0.2, 0.25) is 0 Å². The SMILES string of the molecule is COc1ccc(OC)c(C=Cc2ccc(N3C(=O)C4CC=C5C(c6cccc(C)c6O)C6=C(CC5C4C3=O)C(=O)C(C)=CC6=O)cc2)c1. The number of aromatic hydroxyl groups is 1. The Morgan fingerprint density at radius 3 is 2.38 bits per heavy atom. The predicted octanol–water partition coefficient (Wildman–Crippen LogP) is 6.52. The molecule has 4 atom stereocenters. The predicted molar refractivity (Wildman–Crippen MR) is 182 cm³/mol. The first-order valence-corrected chi connectivity index (χ1v) is 16.0. The molecule has 48 heavy (non-hydrogen) atoms. The number of amides is 2. The number of benzene rings is 3. The molecule has 1 N–H and O–H groups in total. The number of ether oxygens (including phenoxy) is 2. The van der Waals surface area contributed by atoms with Crippen LogP contribution in [0.3, 0.4) is 0 Å². The number of para-hydroxylation sites is 1. The van der Waals surface area contributed by atoms with E-state index in [4.69, 9.17) is 9.47 Å². The van der Waals surface area contributed by atoms with Crippen molar-refractivity contribution in [2.75, 3.05) is 19.1 Å². The van der Waals surface area contributed by atoms with Gasteiger partial charge in [-0.2, -0.15) is 0 Å². The lowest BCUT2D eigenvalue weighted by atomic mass is 9.59. The average molecular weight is 642 g/mol. The summed E-state index contributed by atoms with van der Waals surface area (Å²) < 4.78 is 10.8. The molecular formula is C40H35NO7. The van der Waals surface area contributed by atoms with E-state index in [1.54, 1.807) is 52.3 Å². The molecule has 3 aromatic rings. The van der Waals surface area contributed by atoms with Gasteiger partial charge in [0.1, 0.15) is 17.2 Å². The van der Waals surface area contributed by atoms with Gasteiger partial charge in [0.05, 0.1) is 31.7 Å². The van der Waals surface area contributed by atoms with Crippen LogP contribution in [0, 0.1) is 24.7 Å². The highest BCUT2D eigenvalue weighted by molar-refractivity contribution is 6.25. The molecule has 1 heterocycles. The van der Waals surface area contributed by atoms with E-state index in [9.17, 15) is 24.3 Å². The van der Waals surface area contributed by atoms with Crippen molar-refractivity contribution in [2.45, 2.75) is 32.6 Å². The van der Waals surface area contributed by atoms with Crippen LogP contribution >= 0.6 is 0 Å². The molecule has 3 aromatic carbocycles. The third-order valence-electron chi connectivity index (χ3n) is 10.2. The number of phenols is 1. The number of allylic oxidation sites excluding steroid dienone is 6. The van der Waals surface area contributed by atoms with Crippen molar-refractivity contribution in [3.05, 3.63) is 117 Å². The smallest absolute Gasteiger partial charge is 0.238 e. The molecule has 1 saturated heterocycles. The maximum atomic E-state index is 14.3. The molecule has 1 fully saturated rings. The van der Waals surface area contributed by atoms with Crippen molar-refractivity contribution in [1.29, 1.82) is 0 Å². The van der Waals surface area contributed by atoms with Gasteiger partial charge in [0.2, 0.25) is 11.8 Å². The molecule has 0 aromatic heterocycles. The van der Waals surface area contributed by atoms with E-state index in [-0.39, 0.29) is 35.6 Å². The Morgan fingerprint density at radius 1 is 0.875 bits per heavy atom. The summed E-state index contributed by atoms with van der Waals surface area (Å²) in [6, 6.07) is 18.1. The van der Waals surface area contributed by atoms with Crippen LogP contribution in [0.15, 0.2) is 95.1 Å². The number of Topliss-reactive ketones (excluding diaryl/α,β-unsaturated/α-hetero) is 1. The minimum atomic E-state index is -0.699. The second-order valence-electron chi connectivity index (χ2n) is 12.8. The number of carbonyl (C=O) groups is 4. The largest absolute Gasteiger partial charge is 0.507 e. The summed E-state index contributed by atoms with van der Waals surface area (Å²) in [7, 11) is 3.21. The van der Waals surface area contributed by atoms with E-state index in [1.165, 1.54) is 11.0 Å². The summed E-state index contributed by atoms with van der Waals surface area (Å²) in [6.07, 6.45) is 7.66. The van der Waals surface area contributed by atoms with Gasteiger partial charge in [0.25, 0.3) is 0 Å². The number of fused-ring (bicyclic) bond motifs is 3. The highest BCUT2D eigenvalue weighted by Gasteiger charge is 2.56. The number of phenolic OH excluding ortho intramolecular Hbond substituents is 1. The van der Waals surface area contributed by atoms with Gasteiger partial charge in [-0.3, -0.25) is 24.1 Å². The molecule has 1 aliphatic heterocycles. The third kappa shape index (κ3) is 4.91. The Hall–Kier alpha value is -5.50. The van der Waals surface area contributed by atoms with E-state index >= 15 is 0 Å². The fourth-order valence-corrected chi connectivity index (χ4v) is 7.80. The summed E-state index contributed by atoms with van der Waals surface area (Å²) in [5, 5.41) is 11.2. The minimum Gasteiger partial charge on any atom is -0.507 e. The molecule has 4 unspecified atom stereocenters. The molecule has 4 aliphatic rings. The number of nitrogens with zero attached hydrogens (tertiary/aromatic N) is 1. The first-order chi connectivity index (χ1) is 23.1. The van der Waals surface area contributed by atoms with Gasteiger partial charge < -0.3 is 14.6 Å². The Kier molecular flexibility index (Phi) is 7.74. The van der Waals surface area contributed by atoms with Crippen molar-refractivity contribution in [3.8, 4) is 17.2 Å². The van der Waals surface area contributed by atoms with Crippen molar-refractivity contribution in [3.63, 3.8) is 0 Å². The van der Waals surface area contributed by atoms with Crippen LogP contribution in [0.4, 0.5) is 5.69 Å². The van der Waals surface area contributed by atoms with Crippen LogP contribution in [-0.2, 0) is 19.2 Å². The Balaban J connectivity index is 1.21. The van der Waals surface area contributed by atoms with E-state index in [0.29, 0.717) is 51.5 Å². The average Bonchev–Trinajstić information content (AvgIpc) is 3.35. The topological polar surface area (TPSA) is 110 Å². The standard InChI is InChI=1S/C40H35NO7/c1-21-6-5-7-28(37(21)43)34-27-15-16-29-35(30(27)20-31-36(34)32(42)18-22(2)38(31)44)40(46)41(39(29)45)25-12-9-23(10-13-25)8-11-24-19-26(47-3)14-17-33(24)48-4/h5-15,17-19,29-30,34-35,43H,16,20H2,1-4H3. The Morgan fingerprint density at radius 2 is 1.65 bits per heavy atom. The zero-order valence-electron chi connectivity index (χ0n) is 27.2. The van der Waals surface area contributed by atoms with Gasteiger partial charge >= 0.3 is 0 Å². The van der Waals surface area contributed by atoms with Crippen molar-refractivity contribution in [1.82, 2.24) is 0 Å². The van der Waals surface area contributed by atoms with Gasteiger partial charge in [0.15, 0.2) is 11.6 Å². The highest BCUT2D eigenvalue weighted by atomic mass is 16.5. The van der Waals surface area contributed by atoms with Crippen LogP contribution in [-0.4, -0.2) is 42.7 Å². The number of ketones is 2. The Bertz CT molecular complexity index is 2030. The second-order valence-corrected chi connectivity index (χ2v) is 12.8. The van der Waals surface area contributed by atoms with Gasteiger partial charge in [-0.15, -0.1) is 0 Å². The molecule has 0 bridgehead atoms. The van der Waals surface area contributed by atoms with Crippen LogP contribution in [0.1, 0.15) is 47.9 Å². The lowest BCUT2D eigenvalue weighted by molar-refractivity contribution is -0.123. The molecule has 0 spiro atoms. The molecule has 2 amide bonds. The quantitative estimate of drug-likeness (QED) is 0.141. The van der Waals surface area contributed by atoms with E-state index in [2.05, 4.69) is 0 Å². The zero-order valence-corrected chi connectivity index (χ0v) is 27.2. The summed E-state index contributed by atoms with van der Waals surface area (Å²) in [6.45, 7) is 3.40. The molecule has 0 radical (unpaired) electrons. The molecular weight excluding hydrogens is 606 g/mol. The number of carbonyl (C=O) groups excluding carboxylic acids is 4. The minimum absolute atomic E-state index is 0.0546. The summed E-state index contributed by atoms with van der Waals surface area (Å²) >= 11 is 0.